The highest BCUT2D eigenvalue weighted by atomic mass is 127. The predicted octanol–water partition coefficient (Wildman–Crippen LogP) is 3.83. The molecule has 0 bridgehead atoms. The summed E-state index contributed by atoms with van der Waals surface area (Å²) in [6.07, 6.45) is 2.05. The summed E-state index contributed by atoms with van der Waals surface area (Å²) in [5, 5.41) is 1.03. The third-order valence-electron chi connectivity index (χ3n) is 2.21. The molecule has 4 heteroatoms. The molecule has 0 atom stereocenters. The van der Waals surface area contributed by atoms with Crippen LogP contribution in [0.2, 0.25) is 0 Å². The van der Waals surface area contributed by atoms with Gasteiger partial charge >= 0.3 is 0 Å². The first-order valence-corrected chi connectivity index (χ1v) is 6.15. The highest BCUT2D eigenvalue weighted by molar-refractivity contribution is 14.0. The van der Waals surface area contributed by atoms with E-state index in [1.807, 2.05) is 25.3 Å². The molecule has 0 amide bonds. The number of aryl methyl sites for hydroxylation is 2. The van der Waals surface area contributed by atoms with Gasteiger partial charge in [-0.15, -0.1) is 24.0 Å². The van der Waals surface area contributed by atoms with Gasteiger partial charge < -0.3 is 4.90 Å². The molecule has 0 fully saturated rings. The van der Waals surface area contributed by atoms with E-state index in [0.717, 1.165) is 10.9 Å². The summed E-state index contributed by atoms with van der Waals surface area (Å²) in [7, 11) is 4.03. The van der Waals surface area contributed by atoms with Gasteiger partial charge in [0.05, 0.1) is 5.69 Å². The minimum absolute atomic E-state index is 0. The van der Waals surface area contributed by atoms with Crippen LogP contribution in [-0.2, 0) is 0 Å². The fraction of sp³-hybridized carbons (Fsp3) is 0.417. The van der Waals surface area contributed by atoms with Crippen LogP contribution in [0.5, 0.6) is 0 Å². The molecule has 1 aromatic carbocycles. The summed E-state index contributed by atoms with van der Waals surface area (Å²) in [5.41, 5.74) is 3.54. The zero-order chi connectivity index (χ0) is 11.4. The Hall–Kier alpha value is -0.230. The van der Waals surface area contributed by atoms with Crippen LogP contribution in [0.15, 0.2) is 23.2 Å². The minimum Gasteiger partial charge on any atom is -0.357 e. The number of aliphatic imine (C=N–C) groups is 1. The number of hydrogen-bond donors (Lipinski definition) is 0. The molecule has 1 rings (SSSR count). The van der Waals surface area contributed by atoms with Crippen LogP contribution in [0.25, 0.3) is 0 Å². The van der Waals surface area contributed by atoms with E-state index in [2.05, 4.69) is 37.0 Å². The number of halogens is 1. The Balaban J connectivity index is 0.00000225. The summed E-state index contributed by atoms with van der Waals surface area (Å²) < 4.78 is 0. The van der Waals surface area contributed by atoms with Crippen molar-refractivity contribution >= 4 is 46.6 Å². The predicted molar refractivity (Wildman–Crippen MR) is 85.6 cm³/mol. The van der Waals surface area contributed by atoms with Crippen molar-refractivity contribution in [1.82, 2.24) is 4.90 Å². The second-order valence-corrected chi connectivity index (χ2v) is 4.51. The molecule has 0 aliphatic carbocycles. The average molecular weight is 350 g/mol. The second-order valence-electron chi connectivity index (χ2n) is 3.73. The molecular weight excluding hydrogens is 331 g/mol. The molecule has 0 radical (unpaired) electrons. The largest absolute Gasteiger partial charge is 0.357 e. The summed E-state index contributed by atoms with van der Waals surface area (Å²) >= 11 is 1.67. The number of amidine groups is 1. The molecule has 0 heterocycles. The number of hydrogen-bond acceptors (Lipinski definition) is 2. The van der Waals surface area contributed by atoms with E-state index < -0.39 is 0 Å². The first kappa shape index (κ1) is 15.8. The van der Waals surface area contributed by atoms with E-state index >= 15 is 0 Å². The third kappa shape index (κ3) is 3.97. The molecule has 0 aromatic heterocycles. The lowest BCUT2D eigenvalue weighted by atomic mass is 10.1. The molecular formula is C12H19IN2S. The number of nitrogens with zero attached hydrogens (tertiary/aromatic N) is 2. The zero-order valence-electron chi connectivity index (χ0n) is 10.4. The van der Waals surface area contributed by atoms with Crippen LogP contribution in [-0.4, -0.2) is 30.4 Å². The van der Waals surface area contributed by atoms with Crippen molar-refractivity contribution in [3.8, 4) is 0 Å². The normalized spacial score (nSPS) is 10.9. The zero-order valence-corrected chi connectivity index (χ0v) is 13.6. The van der Waals surface area contributed by atoms with Gasteiger partial charge in [0.1, 0.15) is 0 Å². The Morgan fingerprint density at radius 1 is 1.19 bits per heavy atom. The summed E-state index contributed by atoms with van der Waals surface area (Å²) in [4.78, 5) is 6.72. The Kier molecular flexibility index (Phi) is 7.06. The molecule has 0 aliphatic heterocycles. The second kappa shape index (κ2) is 7.17. The quantitative estimate of drug-likeness (QED) is 0.435. The lowest BCUT2D eigenvalue weighted by Gasteiger charge is -2.14. The Labute approximate surface area is 120 Å². The van der Waals surface area contributed by atoms with Crippen molar-refractivity contribution in [3.05, 3.63) is 29.3 Å². The van der Waals surface area contributed by atoms with E-state index in [0.29, 0.717) is 0 Å². The molecule has 16 heavy (non-hydrogen) atoms. The summed E-state index contributed by atoms with van der Waals surface area (Å²) in [5.74, 6) is 0. The maximum atomic E-state index is 4.68. The summed E-state index contributed by atoms with van der Waals surface area (Å²) in [6.45, 7) is 4.19. The van der Waals surface area contributed by atoms with Crippen LogP contribution in [0.3, 0.4) is 0 Å². The topological polar surface area (TPSA) is 15.6 Å². The van der Waals surface area contributed by atoms with Gasteiger partial charge in [-0.1, -0.05) is 30.0 Å². The first-order chi connectivity index (χ1) is 7.06. The molecule has 1 aromatic rings. The van der Waals surface area contributed by atoms with Gasteiger partial charge in [0.15, 0.2) is 5.17 Å². The standard InChI is InChI=1S/C12H18N2S.HI/c1-9-7-6-8-10(2)11(9)13-12(15-5)14(3)4;/h6-8H,1-5H3;1H. The van der Waals surface area contributed by atoms with Gasteiger partial charge in [-0.25, -0.2) is 4.99 Å². The maximum Gasteiger partial charge on any atom is 0.163 e. The fourth-order valence-corrected chi connectivity index (χ4v) is 1.95. The van der Waals surface area contributed by atoms with E-state index in [4.69, 9.17) is 0 Å². The van der Waals surface area contributed by atoms with Crippen LogP contribution in [0, 0.1) is 13.8 Å². The van der Waals surface area contributed by atoms with Gasteiger partial charge in [-0.3, -0.25) is 0 Å². The molecule has 0 saturated heterocycles. The molecule has 0 N–H and O–H groups in total. The Morgan fingerprint density at radius 3 is 2.06 bits per heavy atom. The van der Waals surface area contributed by atoms with Crippen molar-refractivity contribution in [2.45, 2.75) is 13.8 Å². The van der Waals surface area contributed by atoms with Crippen LogP contribution in [0.1, 0.15) is 11.1 Å². The van der Waals surface area contributed by atoms with Crippen LogP contribution in [0.4, 0.5) is 5.69 Å². The number of para-hydroxylation sites is 1. The summed E-state index contributed by atoms with van der Waals surface area (Å²) in [6, 6.07) is 6.26. The minimum atomic E-state index is 0. The molecule has 90 valence electrons. The van der Waals surface area contributed by atoms with Crippen molar-refractivity contribution in [2.24, 2.45) is 4.99 Å². The van der Waals surface area contributed by atoms with Crippen LogP contribution >= 0.6 is 35.7 Å². The third-order valence-corrected chi connectivity index (χ3v) is 3.03. The number of thioether (sulfide) groups is 1. The highest BCUT2D eigenvalue weighted by Gasteiger charge is 2.04. The van der Waals surface area contributed by atoms with Crippen molar-refractivity contribution in [2.75, 3.05) is 20.4 Å². The van der Waals surface area contributed by atoms with Crippen molar-refractivity contribution in [3.63, 3.8) is 0 Å². The number of rotatable bonds is 1. The lowest BCUT2D eigenvalue weighted by Crippen LogP contribution is -2.17. The molecule has 0 saturated carbocycles. The van der Waals surface area contributed by atoms with Gasteiger partial charge in [0.25, 0.3) is 0 Å². The molecule has 0 spiro atoms. The van der Waals surface area contributed by atoms with Crippen LogP contribution < -0.4 is 0 Å². The van der Waals surface area contributed by atoms with Crippen molar-refractivity contribution in [1.29, 1.82) is 0 Å². The molecule has 0 unspecified atom stereocenters. The van der Waals surface area contributed by atoms with Crippen molar-refractivity contribution < 1.29 is 0 Å². The van der Waals surface area contributed by atoms with Gasteiger partial charge in [-0.05, 0) is 31.2 Å². The van der Waals surface area contributed by atoms with Gasteiger partial charge in [0.2, 0.25) is 0 Å². The molecule has 2 nitrogen and oxygen atoms in total. The maximum absolute atomic E-state index is 4.68. The monoisotopic (exact) mass is 350 g/mol. The average Bonchev–Trinajstić information content (AvgIpc) is 2.17. The first-order valence-electron chi connectivity index (χ1n) is 4.92. The lowest BCUT2D eigenvalue weighted by molar-refractivity contribution is 0.636. The Morgan fingerprint density at radius 2 is 1.69 bits per heavy atom. The molecule has 0 aliphatic rings. The number of benzene rings is 1. The van der Waals surface area contributed by atoms with E-state index in [9.17, 15) is 0 Å². The van der Waals surface area contributed by atoms with Gasteiger partial charge in [0, 0.05) is 14.1 Å². The van der Waals surface area contributed by atoms with Gasteiger partial charge in [-0.2, -0.15) is 0 Å². The fourth-order valence-electron chi connectivity index (χ4n) is 1.41. The van der Waals surface area contributed by atoms with E-state index in [1.165, 1.54) is 11.1 Å². The smallest absolute Gasteiger partial charge is 0.163 e. The Bertz CT molecular complexity index is 355. The highest BCUT2D eigenvalue weighted by Crippen LogP contribution is 2.24. The van der Waals surface area contributed by atoms with E-state index in [1.54, 1.807) is 11.8 Å². The van der Waals surface area contributed by atoms with E-state index in [-0.39, 0.29) is 24.0 Å². The SMILES string of the molecule is CSC(=Nc1c(C)cccc1C)N(C)C.I.